The minimum Gasteiger partial charge on any atom is -0.310 e. The van der Waals surface area contributed by atoms with Gasteiger partial charge in [0.1, 0.15) is 0 Å². The van der Waals surface area contributed by atoms with Crippen LogP contribution in [-0.2, 0) is 6.54 Å². The molecule has 1 aliphatic rings. The van der Waals surface area contributed by atoms with Crippen molar-refractivity contribution in [3.05, 3.63) is 34.9 Å². The Labute approximate surface area is 112 Å². The van der Waals surface area contributed by atoms with Crippen LogP contribution in [0, 0.1) is 19.8 Å². The Morgan fingerprint density at radius 3 is 2.72 bits per heavy atom. The third-order valence-corrected chi connectivity index (χ3v) is 4.34. The van der Waals surface area contributed by atoms with Crippen molar-refractivity contribution >= 4 is 0 Å². The molecule has 0 spiro atoms. The van der Waals surface area contributed by atoms with Gasteiger partial charge in [0.25, 0.3) is 0 Å². The smallest absolute Gasteiger partial charge is 0.0210 e. The molecule has 2 rings (SSSR count). The summed E-state index contributed by atoms with van der Waals surface area (Å²) in [5.41, 5.74) is 4.24. The summed E-state index contributed by atoms with van der Waals surface area (Å²) < 4.78 is 0. The lowest BCUT2D eigenvalue weighted by Gasteiger charge is -2.17. The van der Waals surface area contributed by atoms with E-state index >= 15 is 0 Å². The van der Waals surface area contributed by atoms with Gasteiger partial charge < -0.3 is 5.32 Å². The second-order valence-electron chi connectivity index (χ2n) is 6.12. The second-order valence-corrected chi connectivity index (χ2v) is 6.12. The molecular formula is C17H27N. The summed E-state index contributed by atoms with van der Waals surface area (Å²) in [6, 6.07) is 7.51. The highest BCUT2D eigenvalue weighted by Crippen LogP contribution is 2.23. The Morgan fingerprint density at radius 2 is 1.94 bits per heavy atom. The quantitative estimate of drug-likeness (QED) is 0.780. The van der Waals surface area contributed by atoms with Gasteiger partial charge in [-0.2, -0.15) is 0 Å². The van der Waals surface area contributed by atoms with Gasteiger partial charge in [-0.15, -0.1) is 0 Å². The molecule has 1 aliphatic carbocycles. The van der Waals surface area contributed by atoms with Gasteiger partial charge >= 0.3 is 0 Å². The molecule has 0 aliphatic heterocycles. The number of aryl methyl sites for hydroxylation is 2. The van der Waals surface area contributed by atoms with Crippen molar-refractivity contribution in [1.82, 2.24) is 5.32 Å². The van der Waals surface area contributed by atoms with Crippen LogP contribution in [0.25, 0.3) is 0 Å². The molecule has 1 fully saturated rings. The maximum absolute atomic E-state index is 3.76. The molecule has 18 heavy (non-hydrogen) atoms. The van der Waals surface area contributed by atoms with Crippen LogP contribution >= 0.6 is 0 Å². The first-order valence-corrected chi connectivity index (χ1v) is 7.44. The van der Waals surface area contributed by atoms with Crippen molar-refractivity contribution in [3.63, 3.8) is 0 Å². The molecule has 0 amide bonds. The van der Waals surface area contributed by atoms with Crippen molar-refractivity contribution in [2.75, 3.05) is 0 Å². The summed E-state index contributed by atoms with van der Waals surface area (Å²) in [7, 11) is 0. The van der Waals surface area contributed by atoms with E-state index in [1.807, 2.05) is 0 Å². The minimum atomic E-state index is 0.732. The fraction of sp³-hybridized carbons (Fsp3) is 0.647. The Morgan fingerprint density at radius 1 is 1.11 bits per heavy atom. The Kier molecular flexibility index (Phi) is 4.82. The first-order chi connectivity index (χ1) is 8.65. The number of rotatable bonds is 3. The first kappa shape index (κ1) is 13.6. The fourth-order valence-electron chi connectivity index (χ4n) is 2.99. The van der Waals surface area contributed by atoms with Crippen LogP contribution in [0.4, 0.5) is 0 Å². The zero-order valence-corrected chi connectivity index (χ0v) is 12.1. The molecule has 0 saturated heterocycles. The predicted octanol–water partition coefficient (Wildman–Crippen LogP) is 4.36. The SMILES string of the molecule is Cc1ccc(CNC2CCCC(C)CC2)c(C)c1. The monoisotopic (exact) mass is 245 g/mol. The van der Waals surface area contributed by atoms with Crippen LogP contribution in [0.1, 0.15) is 55.7 Å². The third-order valence-electron chi connectivity index (χ3n) is 4.34. The van der Waals surface area contributed by atoms with Crippen molar-refractivity contribution in [1.29, 1.82) is 0 Å². The van der Waals surface area contributed by atoms with Gasteiger partial charge in [0.05, 0.1) is 0 Å². The lowest BCUT2D eigenvalue weighted by atomic mass is 10.0. The van der Waals surface area contributed by atoms with E-state index in [0.717, 1.165) is 18.5 Å². The van der Waals surface area contributed by atoms with Crippen molar-refractivity contribution in [2.24, 2.45) is 5.92 Å². The molecule has 0 bridgehead atoms. The normalized spacial score (nSPS) is 24.8. The summed E-state index contributed by atoms with van der Waals surface area (Å²) in [6.07, 6.45) is 6.92. The largest absolute Gasteiger partial charge is 0.310 e. The van der Waals surface area contributed by atoms with Gasteiger partial charge in [-0.3, -0.25) is 0 Å². The fourth-order valence-corrected chi connectivity index (χ4v) is 2.99. The number of hydrogen-bond donors (Lipinski definition) is 1. The second kappa shape index (κ2) is 6.38. The molecule has 1 nitrogen and oxygen atoms in total. The van der Waals surface area contributed by atoms with Gasteiger partial charge in [0, 0.05) is 12.6 Å². The Balaban J connectivity index is 1.87. The molecule has 1 aromatic carbocycles. The summed E-state index contributed by atoms with van der Waals surface area (Å²) in [4.78, 5) is 0. The van der Waals surface area contributed by atoms with Crippen molar-refractivity contribution in [2.45, 2.75) is 65.5 Å². The van der Waals surface area contributed by atoms with Gasteiger partial charge in [0.2, 0.25) is 0 Å². The van der Waals surface area contributed by atoms with E-state index in [2.05, 4.69) is 44.3 Å². The van der Waals surface area contributed by atoms with Crippen LogP contribution in [0.15, 0.2) is 18.2 Å². The summed E-state index contributed by atoms with van der Waals surface area (Å²) >= 11 is 0. The van der Waals surface area contributed by atoms with Gasteiger partial charge in [0.15, 0.2) is 0 Å². The van der Waals surface area contributed by atoms with E-state index in [-0.39, 0.29) is 0 Å². The highest BCUT2D eigenvalue weighted by atomic mass is 14.9. The average molecular weight is 245 g/mol. The predicted molar refractivity (Wildman–Crippen MR) is 78.8 cm³/mol. The summed E-state index contributed by atoms with van der Waals surface area (Å²) in [5.74, 6) is 0.929. The number of benzene rings is 1. The topological polar surface area (TPSA) is 12.0 Å². The molecule has 1 heteroatoms. The van der Waals surface area contributed by atoms with E-state index in [4.69, 9.17) is 0 Å². The zero-order valence-electron chi connectivity index (χ0n) is 12.1. The molecule has 1 saturated carbocycles. The van der Waals surface area contributed by atoms with E-state index < -0.39 is 0 Å². The minimum absolute atomic E-state index is 0.732. The van der Waals surface area contributed by atoms with Gasteiger partial charge in [-0.05, 0) is 50.2 Å². The number of hydrogen-bond acceptors (Lipinski definition) is 1. The van der Waals surface area contributed by atoms with Crippen LogP contribution < -0.4 is 5.32 Å². The third kappa shape index (κ3) is 3.84. The first-order valence-electron chi connectivity index (χ1n) is 7.44. The molecule has 2 unspecified atom stereocenters. The van der Waals surface area contributed by atoms with Crippen LogP contribution in [-0.4, -0.2) is 6.04 Å². The van der Waals surface area contributed by atoms with Crippen LogP contribution in [0.3, 0.4) is 0 Å². The summed E-state index contributed by atoms with van der Waals surface area (Å²) in [5, 5.41) is 3.76. The summed E-state index contributed by atoms with van der Waals surface area (Å²) in [6.45, 7) is 7.81. The highest BCUT2D eigenvalue weighted by molar-refractivity contribution is 5.30. The van der Waals surface area contributed by atoms with E-state index in [1.54, 1.807) is 0 Å². The van der Waals surface area contributed by atoms with Crippen LogP contribution in [0.5, 0.6) is 0 Å². The number of nitrogens with one attached hydrogen (secondary N) is 1. The maximum atomic E-state index is 3.76. The van der Waals surface area contributed by atoms with Gasteiger partial charge in [-0.25, -0.2) is 0 Å². The Hall–Kier alpha value is -0.820. The maximum Gasteiger partial charge on any atom is 0.0210 e. The molecule has 0 aromatic heterocycles. The Bertz CT molecular complexity index is 383. The van der Waals surface area contributed by atoms with Crippen molar-refractivity contribution in [3.8, 4) is 0 Å². The lowest BCUT2D eigenvalue weighted by Crippen LogP contribution is -2.28. The molecular weight excluding hydrogens is 218 g/mol. The molecule has 0 heterocycles. The van der Waals surface area contributed by atoms with E-state index in [9.17, 15) is 0 Å². The van der Waals surface area contributed by atoms with Crippen molar-refractivity contribution < 1.29 is 0 Å². The molecule has 1 aromatic rings. The average Bonchev–Trinajstić information content (AvgIpc) is 2.53. The standard InChI is InChI=1S/C17H27N/c1-13-5-4-6-17(10-8-13)18-12-16-9-7-14(2)11-15(16)3/h7,9,11,13,17-18H,4-6,8,10,12H2,1-3H3. The highest BCUT2D eigenvalue weighted by Gasteiger charge is 2.15. The molecule has 100 valence electrons. The molecule has 1 N–H and O–H groups in total. The lowest BCUT2D eigenvalue weighted by molar-refractivity contribution is 0.447. The molecule has 0 radical (unpaired) electrons. The molecule has 2 atom stereocenters. The van der Waals surface area contributed by atoms with Gasteiger partial charge in [-0.1, -0.05) is 43.5 Å². The van der Waals surface area contributed by atoms with Crippen LogP contribution in [0.2, 0.25) is 0 Å². The zero-order chi connectivity index (χ0) is 13.0. The van der Waals surface area contributed by atoms with E-state index in [1.165, 1.54) is 48.8 Å². The van der Waals surface area contributed by atoms with E-state index in [0.29, 0.717) is 0 Å².